The summed E-state index contributed by atoms with van der Waals surface area (Å²) in [5, 5.41) is 0. The monoisotopic (exact) mass is 347 g/mol. The van der Waals surface area contributed by atoms with E-state index in [0.29, 0.717) is 32.0 Å². The number of Topliss-reactive ketones (excluding diaryl/α,β-unsaturated/α-hetero) is 1. The summed E-state index contributed by atoms with van der Waals surface area (Å²) < 4.78 is 31.6. The summed E-state index contributed by atoms with van der Waals surface area (Å²) in [7, 11) is 0. The van der Waals surface area contributed by atoms with Gasteiger partial charge in [0.1, 0.15) is 11.6 Å². The van der Waals surface area contributed by atoms with Crippen molar-refractivity contribution in [2.75, 3.05) is 19.7 Å². The van der Waals surface area contributed by atoms with Crippen LogP contribution in [0.1, 0.15) is 12.8 Å². The van der Waals surface area contributed by atoms with Crippen molar-refractivity contribution in [2.24, 2.45) is 0 Å². The number of likely N-dealkylation sites (tertiary alicyclic amines) is 1. The largest absolute Gasteiger partial charge is 0.479 e. The van der Waals surface area contributed by atoms with Crippen molar-refractivity contribution in [1.82, 2.24) is 4.90 Å². The van der Waals surface area contributed by atoms with Crippen molar-refractivity contribution in [3.05, 3.63) is 28.2 Å². The van der Waals surface area contributed by atoms with Gasteiger partial charge in [0.25, 0.3) is 5.91 Å². The average molecular weight is 348 g/mol. The molecule has 1 heterocycles. The van der Waals surface area contributed by atoms with E-state index in [-0.39, 0.29) is 28.5 Å². The maximum atomic E-state index is 13.5. The third-order valence-corrected chi connectivity index (χ3v) is 3.57. The fourth-order valence-electron chi connectivity index (χ4n) is 1.90. The lowest BCUT2D eigenvalue weighted by Gasteiger charge is -2.26. The van der Waals surface area contributed by atoms with Crippen molar-refractivity contribution < 1.29 is 23.1 Å². The Morgan fingerprint density at radius 2 is 1.95 bits per heavy atom. The lowest BCUT2D eigenvalue weighted by molar-refractivity contribution is -0.136. The molecule has 7 heteroatoms. The average Bonchev–Trinajstić information content (AvgIpc) is 2.38. The number of nitrogens with zero attached hydrogens (tertiary/aromatic N) is 1. The number of halogens is 3. The van der Waals surface area contributed by atoms with E-state index >= 15 is 0 Å². The quantitative estimate of drug-likeness (QED) is 0.842. The topological polar surface area (TPSA) is 46.6 Å². The number of piperidine rings is 1. The molecule has 1 fully saturated rings. The van der Waals surface area contributed by atoms with Crippen LogP contribution in [-0.4, -0.2) is 36.3 Å². The van der Waals surface area contributed by atoms with E-state index in [1.54, 1.807) is 0 Å². The van der Waals surface area contributed by atoms with Gasteiger partial charge in [-0.3, -0.25) is 9.59 Å². The SMILES string of the molecule is O=C1CCN(C(=O)COc2c(F)cc(F)cc2Br)CC1. The van der Waals surface area contributed by atoms with Gasteiger partial charge in [-0.1, -0.05) is 0 Å². The number of hydrogen-bond donors (Lipinski definition) is 0. The van der Waals surface area contributed by atoms with E-state index in [4.69, 9.17) is 4.74 Å². The van der Waals surface area contributed by atoms with E-state index in [2.05, 4.69) is 15.9 Å². The molecule has 0 unspecified atom stereocenters. The Balaban J connectivity index is 1.95. The van der Waals surface area contributed by atoms with Crippen LogP contribution in [0.5, 0.6) is 5.75 Å². The van der Waals surface area contributed by atoms with Gasteiger partial charge in [0.2, 0.25) is 0 Å². The van der Waals surface area contributed by atoms with Gasteiger partial charge < -0.3 is 9.64 Å². The van der Waals surface area contributed by atoms with Gasteiger partial charge in [-0.2, -0.15) is 0 Å². The zero-order valence-corrected chi connectivity index (χ0v) is 12.1. The summed E-state index contributed by atoms with van der Waals surface area (Å²) in [6.45, 7) is 0.359. The molecule has 20 heavy (non-hydrogen) atoms. The van der Waals surface area contributed by atoms with Crippen LogP contribution in [0, 0.1) is 11.6 Å². The second-order valence-corrected chi connectivity index (χ2v) is 5.26. The number of carbonyl (C=O) groups excluding carboxylic acids is 2. The Morgan fingerprint density at radius 1 is 1.30 bits per heavy atom. The summed E-state index contributed by atoms with van der Waals surface area (Å²) in [6, 6.07) is 1.74. The fourth-order valence-corrected chi connectivity index (χ4v) is 2.42. The number of rotatable bonds is 3. The Hall–Kier alpha value is -1.50. The smallest absolute Gasteiger partial charge is 0.260 e. The van der Waals surface area contributed by atoms with Gasteiger partial charge in [0, 0.05) is 32.0 Å². The number of ketones is 1. The molecule has 0 spiro atoms. The number of ether oxygens (including phenoxy) is 1. The highest BCUT2D eigenvalue weighted by Crippen LogP contribution is 2.29. The van der Waals surface area contributed by atoms with E-state index in [0.717, 1.165) is 6.07 Å². The molecule has 1 saturated heterocycles. The van der Waals surface area contributed by atoms with Crippen LogP contribution in [-0.2, 0) is 9.59 Å². The predicted molar refractivity (Wildman–Crippen MR) is 70.4 cm³/mol. The molecule has 0 atom stereocenters. The van der Waals surface area contributed by atoms with Crippen molar-refractivity contribution in [3.63, 3.8) is 0 Å². The third kappa shape index (κ3) is 3.53. The summed E-state index contributed by atoms with van der Waals surface area (Å²) in [6.07, 6.45) is 0.667. The van der Waals surface area contributed by atoms with Gasteiger partial charge in [0.05, 0.1) is 4.47 Å². The molecule has 108 valence electrons. The second-order valence-electron chi connectivity index (χ2n) is 4.41. The number of benzene rings is 1. The molecule has 4 nitrogen and oxygen atoms in total. The first kappa shape index (κ1) is 14.9. The van der Waals surface area contributed by atoms with E-state index in [1.165, 1.54) is 4.90 Å². The normalized spacial score (nSPS) is 15.3. The summed E-state index contributed by atoms with van der Waals surface area (Å²) >= 11 is 2.98. The molecule has 1 amide bonds. The van der Waals surface area contributed by atoms with Crippen molar-refractivity contribution in [1.29, 1.82) is 0 Å². The van der Waals surface area contributed by atoms with Crippen molar-refractivity contribution in [2.45, 2.75) is 12.8 Å². The second kappa shape index (κ2) is 6.30. The molecule has 1 aromatic rings. The minimum Gasteiger partial charge on any atom is -0.479 e. The Labute approximate surface area is 122 Å². The van der Waals surface area contributed by atoms with Gasteiger partial charge in [-0.25, -0.2) is 8.78 Å². The van der Waals surface area contributed by atoms with Crippen LogP contribution in [0.3, 0.4) is 0 Å². The zero-order valence-electron chi connectivity index (χ0n) is 10.5. The number of amides is 1. The fraction of sp³-hybridized carbons (Fsp3) is 0.385. The molecular formula is C13H12BrF2NO3. The highest BCUT2D eigenvalue weighted by Gasteiger charge is 2.22. The molecule has 0 bridgehead atoms. The van der Waals surface area contributed by atoms with E-state index < -0.39 is 11.6 Å². The van der Waals surface area contributed by atoms with Crippen molar-refractivity contribution in [3.8, 4) is 5.75 Å². The first-order valence-electron chi connectivity index (χ1n) is 6.04. The Bertz CT molecular complexity index is 517. The van der Waals surface area contributed by atoms with Crippen LogP contribution in [0.2, 0.25) is 0 Å². The lowest BCUT2D eigenvalue weighted by atomic mass is 10.1. The molecule has 1 aromatic carbocycles. The van der Waals surface area contributed by atoms with Crippen LogP contribution in [0.15, 0.2) is 16.6 Å². The number of hydrogen-bond acceptors (Lipinski definition) is 3. The number of carbonyl (C=O) groups is 2. The first-order valence-corrected chi connectivity index (χ1v) is 6.83. The zero-order chi connectivity index (χ0) is 14.7. The molecule has 1 aliphatic heterocycles. The molecule has 0 N–H and O–H groups in total. The highest BCUT2D eigenvalue weighted by molar-refractivity contribution is 9.10. The molecule has 1 aliphatic rings. The van der Waals surface area contributed by atoms with Gasteiger partial charge in [0.15, 0.2) is 18.2 Å². The van der Waals surface area contributed by atoms with Crippen LogP contribution in [0.25, 0.3) is 0 Å². The maximum Gasteiger partial charge on any atom is 0.260 e. The first-order chi connectivity index (χ1) is 9.47. The molecule has 0 saturated carbocycles. The van der Waals surface area contributed by atoms with Gasteiger partial charge >= 0.3 is 0 Å². The Morgan fingerprint density at radius 3 is 2.55 bits per heavy atom. The van der Waals surface area contributed by atoms with Gasteiger partial charge in [-0.15, -0.1) is 0 Å². The lowest BCUT2D eigenvalue weighted by Crippen LogP contribution is -2.41. The minimum absolute atomic E-state index is 0.108. The molecule has 0 aliphatic carbocycles. The minimum atomic E-state index is -0.876. The third-order valence-electron chi connectivity index (χ3n) is 2.98. The summed E-state index contributed by atoms with van der Waals surface area (Å²) in [5.41, 5.74) is 0. The van der Waals surface area contributed by atoms with E-state index in [9.17, 15) is 18.4 Å². The van der Waals surface area contributed by atoms with Crippen molar-refractivity contribution >= 4 is 27.6 Å². The molecule has 0 aromatic heterocycles. The molecule has 2 rings (SSSR count). The predicted octanol–water partition coefficient (Wildman–Crippen LogP) is 2.30. The maximum absolute atomic E-state index is 13.5. The van der Waals surface area contributed by atoms with Crippen LogP contribution < -0.4 is 4.74 Å². The van der Waals surface area contributed by atoms with Crippen LogP contribution in [0.4, 0.5) is 8.78 Å². The van der Waals surface area contributed by atoms with Gasteiger partial charge in [-0.05, 0) is 22.0 Å². The Kier molecular flexibility index (Phi) is 4.69. The highest BCUT2D eigenvalue weighted by atomic mass is 79.9. The molecule has 0 radical (unpaired) electrons. The molecular weight excluding hydrogens is 336 g/mol. The van der Waals surface area contributed by atoms with E-state index in [1.807, 2.05) is 0 Å². The standard InChI is InChI=1S/C13H12BrF2NO3/c14-10-5-8(15)6-11(16)13(10)20-7-12(19)17-3-1-9(18)2-4-17/h5-6H,1-4,7H2. The summed E-state index contributed by atoms with van der Waals surface area (Å²) in [5.74, 6) is -2.01. The summed E-state index contributed by atoms with van der Waals surface area (Å²) in [4.78, 5) is 24.4. The van der Waals surface area contributed by atoms with Crippen LogP contribution >= 0.6 is 15.9 Å².